The fourth-order valence-electron chi connectivity index (χ4n) is 1.71. The molecule has 0 aliphatic carbocycles. The lowest BCUT2D eigenvalue weighted by Gasteiger charge is -2.16. The molecule has 1 heterocycles. The van der Waals surface area contributed by atoms with Gasteiger partial charge in [0.05, 0.1) is 12.6 Å². The minimum atomic E-state index is -0.416. The molecule has 5 heteroatoms. The van der Waals surface area contributed by atoms with Gasteiger partial charge in [0.15, 0.2) is 0 Å². The standard InChI is InChI=1S/C14H13BrN2O2/c15-13-8-11(6-7-16-13)14(19)17-12(9-18)10-4-2-1-3-5-10/h1-8,12,18H,9H2,(H,17,19)/t12-/m1/s1. The number of hydrogen-bond acceptors (Lipinski definition) is 3. The van der Waals surface area contributed by atoms with E-state index in [1.165, 1.54) is 0 Å². The van der Waals surface area contributed by atoms with Crippen molar-refractivity contribution in [3.8, 4) is 0 Å². The van der Waals surface area contributed by atoms with Crippen LogP contribution in [0.1, 0.15) is 22.0 Å². The molecule has 0 unspecified atom stereocenters. The highest BCUT2D eigenvalue weighted by atomic mass is 79.9. The Morgan fingerprint density at radius 2 is 2.05 bits per heavy atom. The van der Waals surface area contributed by atoms with Gasteiger partial charge in [-0.25, -0.2) is 4.98 Å². The van der Waals surface area contributed by atoms with Gasteiger partial charge < -0.3 is 10.4 Å². The van der Waals surface area contributed by atoms with Gasteiger partial charge in [-0.2, -0.15) is 0 Å². The van der Waals surface area contributed by atoms with Gasteiger partial charge in [0.1, 0.15) is 4.60 Å². The van der Waals surface area contributed by atoms with E-state index >= 15 is 0 Å². The lowest BCUT2D eigenvalue weighted by Crippen LogP contribution is -2.30. The third kappa shape index (κ3) is 3.62. The summed E-state index contributed by atoms with van der Waals surface area (Å²) in [5.74, 6) is -0.244. The lowest BCUT2D eigenvalue weighted by atomic mass is 10.1. The summed E-state index contributed by atoms with van der Waals surface area (Å²) in [5, 5.41) is 12.2. The molecule has 1 atom stereocenters. The van der Waals surface area contributed by atoms with Crippen LogP contribution in [0.3, 0.4) is 0 Å². The van der Waals surface area contributed by atoms with Crippen LogP contribution in [0.5, 0.6) is 0 Å². The second-order valence-electron chi connectivity index (χ2n) is 3.99. The molecule has 1 aromatic heterocycles. The topological polar surface area (TPSA) is 62.2 Å². The van der Waals surface area contributed by atoms with Crippen LogP contribution in [-0.2, 0) is 0 Å². The fourth-order valence-corrected chi connectivity index (χ4v) is 2.07. The number of benzene rings is 1. The van der Waals surface area contributed by atoms with Gasteiger partial charge in [-0.05, 0) is 33.6 Å². The number of nitrogens with zero attached hydrogens (tertiary/aromatic N) is 1. The van der Waals surface area contributed by atoms with Crippen molar-refractivity contribution in [1.29, 1.82) is 0 Å². The van der Waals surface area contributed by atoms with Crippen molar-refractivity contribution in [2.45, 2.75) is 6.04 Å². The summed E-state index contributed by atoms with van der Waals surface area (Å²) >= 11 is 3.22. The zero-order valence-electron chi connectivity index (χ0n) is 10.1. The first-order valence-electron chi connectivity index (χ1n) is 5.79. The van der Waals surface area contributed by atoms with Crippen LogP contribution in [0.4, 0.5) is 0 Å². The van der Waals surface area contributed by atoms with Gasteiger partial charge in [0, 0.05) is 11.8 Å². The predicted molar refractivity (Wildman–Crippen MR) is 75.7 cm³/mol. The Kier molecular flexibility index (Phi) is 4.65. The van der Waals surface area contributed by atoms with Crippen LogP contribution < -0.4 is 5.32 Å². The van der Waals surface area contributed by atoms with E-state index in [1.54, 1.807) is 18.3 Å². The number of carbonyl (C=O) groups excluding carboxylic acids is 1. The highest BCUT2D eigenvalue weighted by Gasteiger charge is 2.14. The number of rotatable bonds is 4. The Hall–Kier alpha value is -1.72. The Balaban J connectivity index is 2.13. The highest BCUT2D eigenvalue weighted by molar-refractivity contribution is 9.10. The number of aromatic nitrogens is 1. The number of halogens is 1. The van der Waals surface area contributed by atoms with Crippen LogP contribution in [-0.4, -0.2) is 22.6 Å². The normalized spacial score (nSPS) is 11.9. The molecule has 0 radical (unpaired) electrons. The van der Waals surface area contributed by atoms with Crippen molar-refractivity contribution < 1.29 is 9.90 Å². The molecule has 0 fully saturated rings. The molecule has 2 N–H and O–H groups in total. The maximum absolute atomic E-state index is 12.1. The van der Waals surface area contributed by atoms with E-state index in [-0.39, 0.29) is 12.5 Å². The van der Waals surface area contributed by atoms with Gasteiger partial charge in [0.25, 0.3) is 5.91 Å². The summed E-state index contributed by atoms with van der Waals surface area (Å²) < 4.78 is 0.598. The number of amides is 1. The summed E-state index contributed by atoms with van der Waals surface area (Å²) in [6, 6.07) is 12.2. The van der Waals surface area contributed by atoms with E-state index in [2.05, 4.69) is 26.2 Å². The molecule has 0 saturated carbocycles. The van der Waals surface area contributed by atoms with Crippen molar-refractivity contribution in [3.05, 3.63) is 64.4 Å². The lowest BCUT2D eigenvalue weighted by molar-refractivity contribution is 0.0916. The van der Waals surface area contributed by atoms with E-state index in [9.17, 15) is 9.90 Å². The van der Waals surface area contributed by atoms with Crippen molar-refractivity contribution in [2.75, 3.05) is 6.61 Å². The Morgan fingerprint density at radius 1 is 1.32 bits per heavy atom. The summed E-state index contributed by atoms with van der Waals surface area (Å²) in [4.78, 5) is 16.0. The SMILES string of the molecule is O=C(N[C@H](CO)c1ccccc1)c1ccnc(Br)c1. The molecule has 19 heavy (non-hydrogen) atoms. The van der Waals surface area contributed by atoms with E-state index in [0.717, 1.165) is 5.56 Å². The van der Waals surface area contributed by atoms with Crippen LogP contribution in [0.25, 0.3) is 0 Å². The van der Waals surface area contributed by atoms with Gasteiger partial charge >= 0.3 is 0 Å². The monoisotopic (exact) mass is 320 g/mol. The molecule has 98 valence electrons. The molecule has 0 spiro atoms. The molecule has 0 aliphatic heterocycles. The number of pyridine rings is 1. The van der Waals surface area contributed by atoms with E-state index in [4.69, 9.17) is 0 Å². The second kappa shape index (κ2) is 6.45. The third-order valence-corrected chi connectivity index (χ3v) is 3.11. The summed E-state index contributed by atoms with van der Waals surface area (Å²) in [6.45, 7) is -0.151. The zero-order chi connectivity index (χ0) is 13.7. The number of aliphatic hydroxyl groups excluding tert-OH is 1. The van der Waals surface area contributed by atoms with E-state index < -0.39 is 6.04 Å². The molecule has 0 saturated heterocycles. The number of nitrogens with one attached hydrogen (secondary N) is 1. The summed E-state index contributed by atoms with van der Waals surface area (Å²) in [7, 11) is 0. The fraction of sp³-hybridized carbons (Fsp3) is 0.143. The van der Waals surface area contributed by atoms with Crippen LogP contribution in [0.15, 0.2) is 53.3 Å². The smallest absolute Gasteiger partial charge is 0.251 e. The predicted octanol–water partition coefficient (Wildman–Crippen LogP) is 2.31. The summed E-state index contributed by atoms with van der Waals surface area (Å²) in [6.07, 6.45) is 1.55. The van der Waals surface area contributed by atoms with Gasteiger partial charge in [-0.15, -0.1) is 0 Å². The molecule has 0 aliphatic rings. The first kappa shape index (κ1) is 13.7. The highest BCUT2D eigenvalue weighted by Crippen LogP contribution is 2.14. The van der Waals surface area contributed by atoms with Crippen LogP contribution in [0.2, 0.25) is 0 Å². The first-order chi connectivity index (χ1) is 9.20. The Bertz CT molecular complexity index is 560. The molecule has 0 bridgehead atoms. The van der Waals surface area contributed by atoms with E-state index in [0.29, 0.717) is 10.2 Å². The minimum absolute atomic E-state index is 0.151. The van der Waals surface area contributed by atoms with Gasteiger partial charge in [-0.3, -0.25) is 4.79 Å². The number of carbonyl (C=O) groups is 1. The molecule has 2 aromatic rings. The molecule has 2 rings (SSSR count). The van der Waals surface area contributed by atoms with E-state index in [1.807, 2.05) is 30.3 Å². The molecule has 1 aromatic carbocycles. The zero-order valence-corrected chi connectivity index (χ0v) is 11.7. The van der Waals surface area contributed by atoms with Gasteiger partial charge in [0.2, 0.25) is 0 Å². The maximum Gasteiger partial charge on any atom is 0.251 e. The average molecular weight is 321 g/mol. The van der Waals surface area contributed by atoms with Crippen LogP contribution >= 0.6 is 15.9 Å². The number of aliphatic hydroxyl groups is 1. The summed E-state index contributed by atoms with van der Waals surface area (Å²) in [5.41, 5.74) is 1.36. The third-order valence-electron chi connectivity index (χ3n) is 2.68. The van der Waals surface area contributed by atoms with Crippen LogP contribution in [0, 0.1) is 0 Å². The van der Waals surface area contributed by atoms with Crippen molar-refractivity contribution in [1.82, 2.24) is 10.3 Å². The van der Waals surface area contributed by atoms with Gasteiger partial charge in [-0.1, -0.05) is 30.3 Å². The Labute approximate surface area is 119 Å². The van der Waals surface area contributed by atoms with Crippen molar-refractivity contribution in [2.24, 2.45) is 0 Å². The maximum atomic E-state index is 12.1. The van der Waals surface area contributed by atoms with Crippen molar-refractivity contribution >= 4 is 21.8 Å². The largest absolute Gasteiger partial charge is 0.394 e. The molecule has 4 nitrogen and oxygen atoms in total. The second-order valence-corrected chi connectivity index (χ2v) is 4.80. The minimum Gasteiger partial charge on any atom is -0.394 e. The molecular weight excluding hydrogens is 308 g/mol. The first-order valence-corrected chi connectivity index (χ1v) is 6.58. The number of hydrogen-bond donors (Lipinski definition) is 2. The Morgan fingerprint density at radius 3 is 2.68 bits per heavy atom. The quantitative estimate of drug-likeness (QED) is 0.850. The van der Waals surface area contributed by atoms with Crippen molar-refractivity contribution in [3.63, 3.8) is 0 Å². The molecular formula is C14H13BrN2O2. The molecule has 1 amide bonds. The average Bonchev–Trinajstić information content (AvgIpc) is 2.45.